The zero-order valence-corrected chi connectivity index (χ0v) is 20.1. The van der Waals surface area contributed by atoms with E-state index in [-0.39, 0.29) is 37.5 Å². The third-order valence-corrected chi connectivity index (χ3v) is 6.63. The van der Waals surface area contributed by atoms with Crippen molar-refractivity contribution < 1.29 is 28.5 Å². The van der Waals surface area contributed by atoms with E-state index in [9.17, 15) is 14.3 Å². The molecule has 0 unspecified atom stereocenters. The van der Waals surface area contributed by atoms with E-state index in [4.69, 9.17) is 14.2 Å². The van der Waals surface area contributed by atoms with Crippen LogP contribution in [0.3, 0.4) is 0 Å². The minimum Gasteiger partial charge on any atom is -0.491 e. The van der Waals surface area contributed by atoms with Gasteiger partial charge in [0.25, 0.3) is 0 Å². The zero-order valence-electron chi connectivity index (χ0n) is 19.2. The van der Waals surface area contributed by atoms with E-state index in [1.54, 1.807) is 37.7 Å². The summed E-state index contributed by atoms with van der Waals surface area (Å²) in [6, 6.07) is 7.82. The summed E-state index contributed by atoms with van der Waals surface area (Å²) in [5.74, 6) is 0.0528. The molecule has 1 N–H and O–H groups in total. The highest BCUT2D eigenvalue weighted by molar-refractivity contribution is 7.10. The number of aliphatic hydroxyl groups is 1. The van der Waals surface area contributed by atoms with Crippen LogP contribution in [0.1, 0.15) is 22.9 Å². The van der Waals surface area contributed by atoms with Crippen LogP contribution >= 0.6 is 11.3 Å². The van der Waals surface area contributed by atoms with Crippen LogP contribution in [0.5, 0.6) is 5.75 Å². The molecule has 182 valence electrons. The van der Waals surface area contributed by atoms with Gasteiger partial charge in [-0.1, -0.05) is 6.07 Å². The van der Waals surface area contributed by atoms with Gasteiger partial charge in [0.05, 0.1) is 25.3 Å². The Morgan fingerprint density at radius 3 is 2.94 bits per heavy atom. The minimum atomic E-state index is -0.678. The number of fused-ring (bicyclic) bond motifs is 1. The van der Waals surface area contributed by atoms with Crippen molar-refractivity contribution in [1.82, 2.24) is 9.80 Å². The van der Waals surface area contributed by atoms with E-state index in [2.05, 4.69) is 0 Å². The second-order valence-electron chi connectivity index (χ2n) is 8.11. The number of methoxy groups -OCH3 is 2. The Bertz CT molecular complexity index is 880. The average Bonchev–Trinajstić information content (AvgIpc) is 3.27. The Balaban J connectivity index is 1.70. The van der Waals surface area contributed by atoms with E-state index < -0.39 is 6.10 Å². The third kappa shape index (κ3) is 7.48. The molecule has 0 spiro atoms. The second-order valence-corrected chi connectivity index (χ2v) is 9.11. The number of carbonyl (C=O) groups is 1. The van der Waals surface area contributed by atoms with Gasteiger partial charge in [-0.15, -0.1) is 11.3 Å². The van der Waals surface area contributed by atoms with Crippen molar-refractivity contribution in [2.45, 2.75) is 25.0 Å². The predicted octanol–water partition coefficient (Wildman–Crippen LogP) is 2.74. The topological polar surface area (TPSA) is 71.5 Å². The zero-order chi connectivity index (χ0) is 23.6. The quantitative estimate of drug-likeness (QED) is 0.445. The third-order valence-electron chi connectivity index (χ3n) is 5.63. The molecular formula is C24H33FN2O5S. The number of hydrogen-bond donors (Lipinski definition) is 1. The van der Waals surface area contributed by atoms with Crippen molar-refractivity contribution in [3.8, 4) is 5.75 Å². The highest BCUT2D eigenvalue weighted by Gasteiger charge is 2.33. The Morgan fingerprint density at radius 1 is 1.33 bits per heavy atom. The molecule has 3 rings (SSSR count). The van der Waals surface area contributed by atoms with Gasteiger partial charge in [-0.05, 0) is 42.0 Å². The fraction of sp³-hybridized carbons (Fsp3) is 0.542. The highest BCUT2D eigenvalue weighted by Crippen LogP contribution is 2.34. The van der Waals surface area contributed by atoms with Crippen LogP contribution in [0.15, 0.2) is 35.7 Å². The van der Waals surface area contributed by atoms with Crippen molar-refractivity contribution in [1.29, 1.82) is 0 Å². The maximum absolute atomic E-state index is 13.6. The van der Waals surface area contributed by atoms with Crippen LogP contribution in [-0.2, 0) is 20.7 Å². The molecular weight excluding hydrogens is 447 g/mol. The normalized spacial score (nSPS) is 16.6. The first kappa shape index (κ1) is 25.6. The predicted molar refractivity (Wildman–Crippen MR) is 125 cm³/mol. The summed E-state index contributed by atoms with van der Waals surface area (Å²) in [5, 5.41) is 12.2. The molecule has 0 saturated heterocycles. The van der Waals surface area contributed by atoms with Gasteiger partial charge in [0.1, 0.15) is 18.2 Å². The maximum Gasteiger partial charge on any atom is 0.237 e. The molecule has 1 amide bonds. The smallest absolute Gasteiger partial charge is 0.237 e. The van der Waals surface area contributed by atoms with Gasteiger partial charge in [0.15, 0.2) is 0 Å². The summed E-state index contributed by atoms with van der Waals surface area (Å²) in [7, 11) is 3.18. The van der Waals surface area contributed by atoms with E-state index in [0.717, 1.165) is 18.4 Å². The van der Waals surface area contributed by atoms with Gasteiger partial charge in [0, 0.05) is 51.4 Å². The van der Waals surface area contributed by atoms with Crippen molar-refractivity contribution >= 4 is 17.2 Å². The van der Waals surface area contributed by atoms with Crippen molar-refractivity contribution in [3.05, 3.63) is 52.0 Å². The fourth-order valence-electron chi connectivity index (χ4n) is 4.10. The number of thiophene rings is 1. The van der Waals surface area contributed by atoms with Crippen LogP contribution in [0, 0.1) is 5.82 Å². The molecule has 1 aromatic heterocycles. The van der Waals surface area contributed by atoms with Crippen LogP contribution < -0.4 is 4.74 Å². The Morgan fingerprint density at radius 2 is 2.18 bits per heavy atom. The molecule has 0 bridgehead atoms. The van der Waals surface area contributed by atoms with E-state index in [1.165, 1.54) is 17.0 Å². The average molecular weight is 481 g/mol. The molecule has 0 radical (unpaired) electrons. The summed E-state index contributed by atoms with van der Waals surface area (Å²) in [5.41, 5.74) is 1.08. The molecule has 33 heavy (non-hydrogen) atoms. The van der Waals surface area contributed by atoms with Crippen LogP contribution in [0.25, 0.3) is 0 Å². The molecule has 1 aromatic carbocycles. The van der Waals surface area contributed by atoms with E-state index in [1.807, 2.05) is 21.2 Å². The molecule has 2 aromatic rings. The first-order valence-corrected chi connectivity index (χ1v) is 12.0. The summed E-state index contributed by atoms with van der Waals surface area (Å²) in [4.78, 5) is 18.5. The van der Waals surface area contributed by atoms with E-state index >= 15 is 0 Å². The Labute approximate surface area is 198 Å². The van der Waals surface area contributed by atoms with Gasteiger partial charge < -0.3 is 24.2 Å². The van der Waals surface area contributed by atoms with Gasteiger partial charge in [-0.2, -0.15) is 0 Å². The summed E-state index contributed by atoms with van der Waals surface area (Å²) >= 11 is 1.68. The lowest BCUT2D eigenvalue weighted by Gasteiger charge is -2.37. The number of benzene rings is 1. The first-order chi connectivity index (χ1) is 16.0. The number of amides is 1. The number of aliphatic hydroxyl groups excluding tert-OH is 1. The van der Waals surface area contributed by atoms with E-state index in [0.29, 0.717) is 32.0 Å². The molecule has 0 aliphatic carbocycles. The van der Waals surface area contributed by atoms with Crippen molar-refractivity contribution in [2.24, 2.45) is 0 Å². The number of carbonyl (C=O) groups excluding carboxylic acids is 1. The molecule has 1 aliphatic heterocycles. The lowest BCUT2D eigenvalue weighted by Crippen LogP contribution is -2.48. The fourth-order valence-corrected chi connectivity index (χ4v) is 5.03. The first-order valence-electron chi connectivity index (χ1n) is 11.1. The van der Waals surface area contributed by atoms with Gasteiger partial charge in [-0.25, -0.2) is 4.39 Å². The SMILES string of the molecule is COCCCN(CC(=O)N1CCc2sccc2[C@H]1COc1cccc(F)c1)C[C@H](O)COC. The van der Waals surface area contributed by atoms with Crippen LogP contribution in [0.2, 0.25) is 0 Å². The number of nitrogens with zero attached hydrogens (tertiary/aromatic N) is 2. The lowest BCUT2D eigenvalue weighted by molar-refractivity contribution is -0.136. The summed E-state index contributed by atoms with van der Waals surface area (Å²) in [6.45, 7) is 2.78. The van der Waals surface area contributed by atoms with Gasteiger partial charge in [0.2, 0.25) is 5.91 Å². The van der Waals surface area contributed by atoms with Crippen molar-refractivity contribution in [2.75, 3.05) is 60.2 Å². The number of rotatable bonds is 13. The molecule has 2 heterocycles. The largest absolute Gasteiger partial charge is 0.491 e. The molecule has 1 aliphatic rings. The van der Waals surface area contributed by atoms with Crippen LogP contribution in [0.4, 0.5) is 4.39 Å². The number of hydrogen-bond acceptors (Lipinski definition) is 7. The lowest BCUT2D eigenvalue weighted by atomic mass is 10.0. The summed E-state index contributed by atoms with van der Waals surface area (Å²) in [6.07, 6.45) is 0.873. The molecule has 0 saturated carbocycles. The summed E-state index contributed by atoms with van der Waals surface area (Å²) < 4.78 is 29.7. The molecule has 9 heteroatoms. The van der Waals surface area contributed by atoms with Gasteiger partial charge in [-0.3, -0.25) is 9.69 Å². The number of halogens is 1. The van der Waals surface area contributed by atoms with Crippen molar-refractivity contribution in [3.63, 3.8) is 0 Å². The van der Waals surface area contributed by atoms with Gasteiger partial charge >= 0.3 is 0 Å². The van der Waals surface area contributed by atoms with Crippen LogP contribution in [-0.4, -0.2) is 87.1 Å². The standard InChI is InChI=1S/C24H33FN2O5S/c1-30-11-4-9-26(14-19(28)16-31-2)15-24(29)27-10-7-23-21(8-12-33-23)22(27)17-32-20-6-3-5-18(25)13-20/h3,5-6,8,12-13,19,22,28H,4,7,9-11,14-17H2,1-2H3/t19-,22+/m0/s1. The number of ether oxygens (including phenoxy) is 3. The highest BCUT2D eigenvalue weighted by atomic mass is 32.1. The Kier molecular flexibility index (Phi) is 10.1. The minimum absolute atomic E-state index is 0.0262. The second kappa shape index (κ2) is 13.0. The molecule has 7 nitrogen and oxygen atoms in total. The Hall–Kier alpha value is -2.04. The maximum atomic E-state index is 13.6. The monoisotopic (exact) mass is 480 g/mol. The molecule has 0 fully saturated rings. The molecule has 2 atom stereocenters.